The molecule has 1 N–H and O–H groups in total. The lowest BCUT2D eigenvalue weighted by Crippen LogP contribution is -2.39. The van der Waals surface area contributed by atoms with E-state index in [1.165, 1.54) is 0 Å². The van der Waals surface area contributed by atoms with Gasteiger partial charge in [0.25, 0.3) is 0 Å². The lowest BCUT2D eigenvalue weighted by atomic mass is 10.1. The molecule has 1 rings (SSSR count). The summed E-state index contributed by atoms with van der Waals surface area (Å²) >= 11 is 0. The summed E-state index contributed by atoms with van der Waals surface area (Å²) in [4.78, 5) is 24.6. The summed E-state index contributed by atoms with van der Waals surface area (Å²) in [6, 6.07) is 7.67. The third-order valence-corrected chi connectivity index (χ3v) is 3.17. The maximum absolute atomic E-state index is 12.3. The van der Waals surface area contributed by atoms with E-state index in [1.54, 1.807) is 12.0 Å². The van der Waals surface area contributed by atoms with Crippen LogP contribution in [0.15, 0.2) is 24.3 Å². The van der Waals surface area contributed by atoms with E-state index in [4.69, 9.17) is 9.84 Å². The molecule has 0 spiro atoms. The number of carbonyl (C=O) groups excluding carboxylic acids is 1. The average Bonchev–Trinajstić information content (AvgIpc) is 2.38. The average molecular weight is 293 g/mol. The Morgan fingerprint density at radius 3 is 2.52 bits per heavy atom. The third-order valence-electron chi connectivity index (χ3n) is 3.17. The van der Waals surface area contributed by atoms with Crippen molar-refractivity contribution in [2.24, 2.45) is 0 Å². The number of benzene rings is 1. The van der Waals surface area contributed by atoms with Gasteiger partial charge in [-0.25, -0.2) is 0 Å². The number of carbonyl (C=O) groups is 2. The van der Waals surface area contributed by atoms with Gasteiger partial charge in [0.15, 0.2) is 0 Å². The molecular weight excluding hydrogens is 270 g/mol. The van der Waals surface area contributed by atoms with E-state index in [-0.39, 0.29) is 31.3 Å². The summed E-state index contributed by atoms with van der Waals surface area (Å²) < 4.78 is 5.08. The Hall–Kier alpha value is -1.88. The van der Waals surface area contributed by atoms with E-state index in [0.29, 0.717) is 6.61 Å². The lowest BCUT2D eigenvalue weighted by molar-refractivity contribution is -0.139. The summed E-state index contributed by atoms with van der Waals surface area (Å²) in [5.74, 6) is -0.948. The second-order valence-corrected chi connectivity index (χ2v) is 5.25. The van der Waals surface area contributed by atoms with Crippen LogP contribution in [-0.4, -0.2) is 41.6 Å². The highest BCUT2D eigenvalue weighted by Crippen LogP contribution is 2.10. The van der Waals surface area contributed by atoms with Gasteiger partial charge in [-0.3, -0.25) is 9.59 Å². The van der Waals surface area contributed by atoms with Gasteiger partial charge in [-0.1, -0.05) is 24.3 Å². The number of hydrogen-bond donors (Lipinski definition) is 1. The fourth-order valence-corrected chi connectivity index (χ4v) is 2.16. The molecule has 0 heterocycles. The van der Waals surface area contributed by atoms with Crippen LogP contribution in [0.5, 0.6) is 0 Å². The number of methoxy groups -OCH3 is 1. The van der Waals surface area contributed by atoms with Crippen LogP contribution in [0.4, 0.5) is 0 Å². The molecule has 0 unspecified atom stereocenters. The van der Waals surface area contributed by atoms with Crippen LogP contribution < -0.4 is 0 Å². The van der Waals surface area contributed by atoms with Crippen LogP contribution in [0.1, 0.15) is 31.4 Å². The first-order valence-electron chi connectivity index (χ1n) is 7.02. The Labute approximate surface area is 125 Å². The second kappa shape index (κ2) is 8.42. The number of carboxylic acids is 1. The van der Waals surface area contributed by atoms with Gasteiger partial charge < -0.3 is 14.7 Å². The molecule has 0 aliphatic heterocycles. The van der Waals surface area contributed by atoms with E-state index < -0.39 is 5.97 Å². The van der Waals surface area contributed by atoms with Crippen molar-refractivity contribution in [2.75, 3.05) is 13.7 Å². The zero-order valence-electron chi connectivity index (χ0n) is 12.8. The van der Waals surface area contributed by atoms with Crippen molar-refractivity contribution in [3.63, 3.8) is 0 Å². The molecule has 0 radical (unpaired) electrons. The highest BCUT2D eigenvalue weighted by molar-refractivity contribution is 5.79. The van der Waals surface area contributed by atoms with E-state index >= 15 is 0 Å². The molecule has 1 aromatic carbocycles. The predicted molar refractivity (Wildman–Crippen MR) is 80.0 cm³/mol. The number of aliphatic carboxylic acids is 1. The van der Waals surface area contributed by atoms with Crippen molar-refractivity contribution < 1.29 is 19.4 Å². The molecule has 116 valence electrons. The number of hydrogen-bond acceptors (Lipinski definition) is 3. The largest absolute Gasteiger partial charge is 0.481 e. The van der Waals surface area contributed by atoms with Gasteiger partial charge in [0.2, 0.25) is 5.91 Å². The summed E-state index contributed by atoms with van der Waals surface area (Å²) in [5.41, 5.74) is 1.93. The highest BCUT2D eigenvalue weighted by atomic mass is 16.5. The number of amides is 1. The second-order valence-electron chi connectivity index (χ2n) is 5.25. The molecular formula is C16H23NO4. The normalized spacial score (nSPS) is 10.7. The molecule has 0 aliphatic rings. The topological polar surface area (TPSA) is 66.8 Å². The zero-order valence-corrected chi connectivity index (χ0v) is 12.8. The van der Waals surface area contributed by atoms with Gasteiger partial charge in [0, 0.05) is 19.7 Å². The van der Waals surface area contributed by atoms with Crippen molar-refractivity contribution in [2.45, 2.75) is 39.3 Å². The van der Waals surface area contributed by atoms with E-state index in [9.17, 15) is 9.59 Å². The van der Waals surface area contributed by atoms with Crippen molar-refractivity contribution in [3.8, 4) is 0 Å². The van der Waals surface area contributed by atoms with Gasteiger partial charge in [0.05, 0.1) is 19.4 Å². The van der Waals surface area contributed by atoms with Crippen molar-refractivity contribution in [3.05, 3.63) is 35.4 Å². The van der Waals surface area contributed by atoms with Gasteiger partial charge >= 0.3 is 5.97 Å². The Balaban J connectivity index is 2.72. The fourth-order valence-electron chi connectivity index (χ4n) is 2.16. The van der Waals surface area contributed by atoms with Crippen LogP contribution in [0, 0.1) is 0 Å². The summed E-state index contributed by atoms with van der Waals surface area (Å²) in [6.45, 7) is 4.53. The van der Waals surface area contributed by atoms with E-state index in [2.05, 4.69) is 0 Å². The van der Waals surface area contributed by atoms with E-state index in [0.717, 1.165) is 11.1 Å². The summed E-state index contributed by atoms with van der Waals surface area (Å²) in [6.07, 6.45) is 0.239. The highest BCUT2D eigenvalue weighted by Gasteiger charge is 2.18. The minimum absolute atomic E-state index is 0.0148. The quantitative estimate of drug-likeness (QED) is 0.797. The van der Waals surface area contributed by atoms with Crippen LogP contribution in [0.3, 0.4) is 0 Å². The Kier molecular flexibility index (Phi) is 6.88. The van der Waals surface area contributed by atoms with Crippen molar-refractivity contribution in [1.82, 2.24) is 4.90 Å². The van der Waals surface area contributed by atoms with Gasteiger partial charge in [-0.15, -0.1) is 0 Å². The van der Waals surface area contributed by atoms with Crippen LogP contribution in [-0.2, 0) is 27.4 Å². The number of rotatable bonds is 8. The smallest absolute Gasteiger partial charge is 0.305 e. The van der Waals surface area contributed by atoms with Gasteiger partial charge in [-0.05, 0) is 25.0 Å². The van der Waals surface area contributed by atoms with Crippen LogP contribution in [0.2, 0.25) is 0 Å². The lowest BCUT2D eigenvalue weighted by Gasteiger charge is -2.26. The molecule has 0 aromatic heterocycles. The molecule has 1 aromatic rings. The summed E-state index contributed by atoms with van der Waals surface area (Å²) in [5, 5.41) is 8.76. The Morgan fingerprint density at radius 1 is 1.29 bits per heavy atom. The first-order chi connectivity index (χ1) is 9.93. The first-order valence-corrected chi connectivity index (χ1v) is 7.02. The molecule has 5 heteroatoms. The van der Waals surface area contributed by atoms with Crippen LogP contribution in [0.25, 0.3) is 0 Å². The van der Waals surface area contributed by atoms with Gasteiger partial charge in [-0.2, -0.15) is 0 Å². The monoisotopic (exact) mass is 293 g/mol. The molecule has 0 bridgehead atoms. The fraction of sp³-hybridized carbons (Fsp3) is 0.500. The first kappa shape index (κ1) is 17.2. The van der Waals surface area contributed by atoms with E-state index in [1.807, 2.05) is 38.1 Å². The molecule has 0 atom stereocenters. The minimum Gasteiger partial charge on any atom is -0.481 e. The molecule has 0 saturated heterocycles. The predicted octanol–water partition coefficient (Wildman–Crippen LogP) is 2.09. The molecule has 0 saturated carbocycles. The Morgan fingerprint density at radius 2 is 1.95 bits per heavy atom. The maximum atomic E-state index is 12.3. The molecule has 5 nitrogen and oxygen atoms in total. The SMILES string of the molecule is COCc1cccc(CC(=O)N(CCC(=O)O)C(C)C)c1. The minimum atomic E-state index is -0.893. The zero-order chi connectivity index (χ0) is 15.8. The third kappa shape index (κ3) is 5.95. The molecule has 21 heavy (non-hydrogen) atoms. The van der Waals surface area contributed by atoms with Crippen molar-refractivity contribution in [1.29, 1.82) is 0 Å². The summed E-state index contributed by atoms with van der Waals surface area (Å²) in [7, 11) is 1.63. The standard InChI is InChI=1S/C16H23NO4/c1-12(2)17(8-7-16(19)20)15(18)10-13-5-4-6-14(9-13)11-21-3/h4-6,9,12H,7-8,10-11H2,1-3H3,(H,19,20). The Bertz CT molecular complexity index is 485. The number of ether oxygens (including phenoxy) is 1. The number of carboxylic acid groups (broad SMARTS) is 1. The molecule has 0 fully saturated rings. The molecule has 1 amide bonds. The van der Waals surface area contributed by atoms with Crippen LogP contribution >= 0.6 is 0 Å². The molecule has 0 aliphatic carbocycles. The number of nitrogens with zero attached hydrogens (tertiary/aromatic N) is 1. The van der Waals surface area contributed by atoms with Gasteiger partial charge in [0.1, 0.15) is 0 Å². The maximum Gasteiger partial charge on any atom is 0.305 e. The van der Waals surface area contributed by atoms with Crippen molar-refractivity contribution >= 4 is 11.9 Å².